The van der Waals surface area contributed by atoms with E-state index in [9.17, 15) is 4.79 Å². The Hall–Kier alpha value is -2.31. The van der Waals surface area contributed by atoms with Crippen molar-refractivity contribution in [3.05, 3.63) is 40.4 Å². The van der Waals surface area contributed by atoms with Crippen LogP contribution in [0.3, 0.4) is 0 Å². The van der Waals surface area contributed by atoms with Crippen LogP contribution >= 0.6 is 23.2 Å². The van der Waals surface area contributed by atoms with Crippen molar-refractivity contribution in [1.82, 2.24) is 0 Å². The lowest BCUT2D eigenvalue weighted by molar-refractivity contribution is -0.114. The lowest BCUT2D eigenvalue weighted by atomic mass is 10.2. The first-order valence-electron chi connectivity index (χ1n) is 7.28. The summed E-state index contributed by atoms with van der Waals surface area (Å²) in [6.07, 6.45) is 0. The number of rotatable bonds is 7. The van der Waals surface area contributed by atoms with Crippen LogP contribution in [-0.2, 0) is 4.79 Å². The molecule has 0 bridgehead atoms. The zero-order valence-electron chi connectivity index (χ0n) is 14.0. The minimum atomic E-state index is -0.287. The molecule has 2 rings (SSSR count). The zero-order chi connectivity index (χ0) is 18.4. The van der Waals surface area contributed by atoms with Gasteiger partial charge in [0.2, 0.25) is 11.7 Å². The molecule has 0 heterocycles. The highest BCUT2D eigenvalue weighted by Crippen LogP contribution is 2.39. The van der Waals surface area contributed by atoms with Gasteiger partial charge in [0.25, 0.3) is 0 Å². The van der Waals surface area contributed by atoms with Crippen molar-refractivity contribution in [3.8, 4) is 17.2 Å². The lowest BCUT2D eigenvalue weighted by Gasteiger charge is -2.15. The van der Waals surface area contributed by atoms with Crippen LogP contribution in [0.2, 0.25) is 10.0 Å². The molecule has 2 aromatic rings. The molecule has 2 N–H and O–H groups in total. The molecule has 0 saturated carbocycles. The van der Waals surface area contributed by atoms with Crippen molar-refractivity contribution in [1.29, 1.82) is 0 Å². The van der Waals surface area contributed by atoms with Gasteiger partial charge in [-0.3, -0.25) is 4.79 Å². The average molecular weight is 385 g/mol. The molecule has 0 saturated heterocycles. The van der Waals surface area contributed by atoms with Crippen LogP contribution in [-0.4, -0.2) is 33.8 Å². The molecule has 0 aliphatic rings. The van der Waals surface area contributed by atoms with E-state index in [-0.39, 0.29) is 12.5 Å². The van der Waals surface area contributed by atoms with Crippen molar-refractivity contribution in [2.45, 2.75) is 0 Å². The van der Waals surface area contributed by atoms with Crippen LogP contribution in [0.25, 0.3) is 0 Å². The van der Waals surface area contributed by atoms with Gasteiger partial charge in [-0.1, -0.05) is 29.3 Å². The van der Waals surface area contributed by atoms with Crippen LogP contribution in [0.15, 0.2) is 30.3 Å². The van der Waals surface area contributed by atoms with Gasteiger partial charge in [0.05, 0.1) is 43.6 Å². The highest BCUT2D eigenvalue weighted by Gasteiger charge is 2.15. The third-order valence-electron chi connectivity index (χ3n) is 3.34. The van der Waals surface area contributed by atoms with E-state index >= 15 is 0 Å². The fourth-order valence-corrected chi connectivity index (χ4v) is 2.72. The SMILES string of the molecule is COc1cc(NC(=O)CNc2c(Cl)cccc2Cl)cc(OC)c1OC. The van der Waals surface area contributed by atoms with Crippen LogP contribution in [0.4, 0.5) is 11.4 Å². The molecule has 0 unspecified atom stereocenters. The van der Waals surface area contributed by atoms with Crippen LogP contribution in [0.5, 0.6) is 17.2 Å². The van der Waals surface area contributed by atoms with Crippen LogP contribution in [0, 0.1) is 0 Å². The molecule has 6 nitrogen and oxygen atoms in total. The molecular formula is C17H18Cl2N2O4. The van der Waals surface area contributed by atoms with Crippen molar-refractivity contribution in [2.24, 2.45) is 0 Å². The average Bonchev–Trinajstić information content (AvgIpc) is 2.60. The Bertz CT molecular complexity index is 723. The molecule has 0 aliphatic heterocycles. The minimum Gasteiger partial charge on any atom is -0.493 e. The summed E-state index contributed by atoms with van der Waals surface area (Å²) in [5.74, 6) is 1.05. The van der Waals surface area contributed by atoms with Crippen molar-refractivity contribution >= 4 is 40.5 Å². The topological polar surface area (TPSA) is 68.8 Å². The number of benzene rings is 2. The smallest absolute Gasteiger partial charge is 0.243 e. The Morgan fingerprint density at radius 2 is 1.56 bits per heavy atom. The number of amides is 1. The summed E-state index contributed by atoms with van der Waals surface area (Å²) in [6, 6.07) is 8.38. The molecule has 25 heavy (non-hydrogen) atoms. The Kier molecular flexibility index (Phi) is 6.61. The summed E-state index contributed by atoms with van der Waals surface area (Å²) < 4.78 is 15.8. The molecule has 1 amide bonds. The van der Waals surface area contributed by atoms with E-state index in [4.69, 9.17) is 37.4 Å². The maximum absolute atomic E-state index is 12.2. The van der Waals surface area contributed by atoms with E-state index in [1.807, 2.05) is 0 Å². The second kappa shape index (κ2) is 8.69. The van der Waals surface area contributed by atoms with Gasteiger partial charge in [-0.15, -0.1) is 0 Å². The molecule has 0 radical (unpaired) electrons. The van der Waals surface area contributed by atoms with Crippen molar-refractivity contribution in [2.75, 3.05) is 38.5 Å². The number of halogens is 2. The number of carbonyl (C=O) groups excluding carboxylic acids is 1. The zero-order valence-corrected chi connectivity index (χ0v) is 15.5. The van der Waals surface area contributed by atoms with Gasteiger partial charge in [-0.05, 0) is 12.1 Å². The second-order valence-corrected chi connectivity index (χ2v) is 5.73. The first kappa shape index (κ1) is 19.0. The summed E-state index contributed by atoms with van der Waals surface area (Å²) in [7, 11) is 4.52. The fraction of sp³-hybridized carbons (Fsp3) is 0.235. The predicted octanol–water partition coefficient (Wildman–Crippen LogP) is 4.07. The minimum absolute atomic E-state index is 0.0138. The highest BCUT2D eigenvalue weighted by molar-refractivity contribution is 6.39. The van der Waals surface area contributed by atoms with E-state index in [1.54, 1.807) is 30.3 Å². The largest absolute Gasteiger partial charge is 0.493 e. The van der Waals surface area contributed by atoms with E-state index in [1.165, 1.54) is 21.3 Å². The van der Waals surface area contributed by atoms with E-state index in [0.29, 0.717) is 38.7 Å². The molecule has 8 heteroatoms. The standard InChI is InChI=1S/C17H18Cl2N2O4/c1-23-13-7-10(8-14(24-2)17(13)25-3)21-15(22)9-20-16-11(18)5-4-6-12(16)19/h4-8,20H,9H2,1-3H3,(H,21,22). The van der Waals surface area contributed by atoms with Crippen molar-refractivity contribution in [3.63, 3.8) is 0 Å². The van der Waals surface area contributed by atoms with Gasteiger partial charge in [-0.25, -0.2) is 0 Å². The molecule has 0 aromatic heterocycles. The summed E-state index contributed by atoms with van der Waals surface area (Å²) in [5.41, 5.74) is 1.01. The quantitative estimate of drug-likeness (QED) is 0.752. The molecule has 0 aliphatic carbocycles. The first-order valence-corrected chi connectivity index (χ1v) is 8.03. The summed E-state index contributed by atoms with van der Waals surface area (Å²) in [6.45, 7) is -0.0138. The van der Waals surface area contributed by atoms with Gasteiger partial charge >= 0.3 is 0 Å². The number of nitrogens with one attached hydrogen (secondary N) is 2. The molecule has 0 spiro atoms. The number of para-hydroxylation sites is 1. The van der Waals surface area contributed by atoms with Gasteiger partial charge in [0.15, 0.2) is 11.5 Å². The highest BCUT2D eigenvalue weighted by atomic mass is 35.5. The molecule has 0 fully saturated rings. The van der Waals surface area contributed by atoms with Gasteiger partial charge < -0.3 is 24.8 Å². The van der Waals surface area contributed by atoms with Gasteiger partial charge in [0.1, 0.15) is 0 Å². The molecule has 2 aromatic carbocycles. The Balaban J connectivity index is 2.10. The second-order valence-electron chi connectivity index (χ2n) is 4.91. The van der Waals surface area contributed by atoms with Crippen molar-refractivity contribution < 1.29 is 19.0 Å². The number of carbonyl (C=O) groups is 1. The monoisotopic (exact) mass is 384 g/mol. The number of hydrogen-bond donors (Lipinski definition) is 2. The molecule has 134 valence electrons. The lowest BCUT2D eigenvalue weighted by Crippen LogP contribution is -2.22. The maximum atomic E-state index is 12.2. The summed E-state index contributed by atoms with van der Waals surface area (Å²) in [4.78, 5) is 12.2. The Morgan fingerprint density at radius 1 is 1.00 bits per heavy atom. The van der Waals surface area contributed by atoms with E-state index < -0.39 is 0 Å². The Morgan fingerprint density at radius 3 is 2.04 bits per heavy atom. The van der Waals surface area contributed by atoms with E-state index in [2.05, 4.69) is 10.6 Å². The summed E-state index contributed by atoms with van der Waals surface area (Å²) >= 11 is 12.1. The predicted molar refractivity (Wildman–Crippen MR) is 99.7 cm³/mol. The van der Waals surface area contributed by atoms with Crippen LogP contribution < -0.4 is 24.8 Å². The number of anilines is 2. The van der Waals surface area contributed by atoms with Crippen LogP contribution in [0.1, 0.15) is 0 Å². The normalized spacial score (nSPS) is 10.1. The third kappa shape index (κ3) is 4.61. The first-order chi connectivity index (χ1) is 12.0. The summed E-state index contributed by atoms with van der Waals surface area (Å²) in [5, 5.41) is 6.54. The maximum Gasteiger partial charge on any atom is 0.243 e. The van der Waals surface area contributed by atoms with Gasteiger partial charge in [-0.2, -0.15) is 0 Å². The number of hydrogen-bond acceptors (Lipinski definition) is 5. The Labute approximate surface area is 156 Å². The number of methoxy groups -OCH3 is 3. The number of ether oxygens (including phenoxy) is 3. The fourth-order valence-electron chi connectivity index (χ4n) is 2.19. The van der Waals surface area contributed by atoms with Gasteiger partial charge in [0, 0.05) is 17.8 Å². The molecule has 0 atom stereocenters. The van der Waals surface area contributed by atoms with E-state index in [0.717, 1.165) is 0 Å². The third-order valence-corrected chi connectivity index (χ3v) is 3.97. The molecular weight excluding hydrogens is 367 g/mol.